The molecule has 0 saturated heterocycles. The molecule has 0 amide bonds. The number of hydrogen-bond donors (Lipinski definition) is 0. The maximum atomic E-state index is 5.15. The highest BCUT2D eigenvalue weighted by molar-refractivity contribution is 7.27. The second-order valence-electron chi connectivity index (χ2n) is 13.1. The summed E-state index contributed by atoms with van der Waals surface area (Å²) in [6, 6.07) is 52.1. The van der Waals surface area contributed by atoms with Gasteiger partial charge in [-0.1, -0.05) is 140 Å². The van der Waals surface area contributed by atoms with Gasteiger partial charge in [0.15, 0.2) is 17.5 Å². The summed E-state index contributed by atoms with van der Waals surface area (Å²) in [7, 11) is 0. The first-order valence-electron chi connectivity index (χ1n) is 17.4. The van der Waals surface area contributed by atoms with Gasteiger partial charge in [0.25, 0.3) is 0 Å². The molecule has 0 spiro atoms. The average Bonchev–Trinajstić information content (AvgIpc) is 3.61. The van der Waals surface area contributed by atoms with Crippen molar-refractivity contribution in [2.24, 2.45) is 0 Å². The molecule has 0 bridgehead atoms. The lowest BCUT2D eigenvalue weighted by atomic mass is 9.92. The van der Waals surface area contributed by atoms with E-state index in [1.807, 2.05) is 17.4 Å². The van der Waals surface area contributed by atoms with Crippen LogP contribution < -0.4 is 0 Å². The molecule has 1 aliphatic carbocycles. The number of nitrogens with zero attached hydrogens (tertiary/aromatic N) is 3. The molecule has 0 fully saturated rings. The van der Waals surface area contributed by atoms with E-state index in [4.69, 9.17) is 15.0 Å². The number of aromatic nitrogens is 3. The molecule has 9 aromatic rings. The molecule has 0 aliphatic heterocycles. The quantitative estimate of drug-likeness (QED) is 0.171. The van der Waals surface area contributed by atoms with Crippen LogP contribution in [0.5, 0.6) is 0 Å². The van der Waals surface area contributed by atoms with E-state index in [9.17, 15) is 0 Å². The van der Waals surface area contributed by atoms with Crippen molar-refractivity contribution < 1.29 is 0 Å². The predicted octanol–water partition coefficient (Wildman–Crippen LogP) is 12.9. The third kappa shape index (κ3) is 5.24. The molecule has 3 nitrogen and oxygen atoms in total. The topological polar surface area (TPSA) is 38.7 Å². The predicted molar refractivity (Wildman–Crippen MR) is 216 cm³/mol. The van der Waals surface area contributed by atoms with E-state index < -0.39 is 0 Å². The Kier molecular flexibility index (Phi) is 7.14. The van der Waals surface area contributed by atoms with Gasteiger partial charge in [0, 0.05) is 42.3 Å². The molecule has 0 radical (unpaired) electrons. The summed E-state index contributed by atoms with van der Waals surface area (Å²) < 4.78 is 2.62. The molecule has 1 aliphatic rings. The molecular formula is C47H31N3S. The summed E-state index contributed by atoms with van der Waals surface area (Å²) >= 11 is 1.89. The van der Waals surface area contributed by atoms with Gasteiger partial charge < -0.3 is 0 Å². The van der Waals surface area contributed by atoms with E-state index in [0.29, 0.717) is 17.5 Å². The highest BCUT2D eigenvalue weighted by Gasteiger charge is 2.19. The van der Waals surface area contributed by atoms with Gasteiger partial charge in [0.1, 0.15) is 0 Å². The molecule has 2 heterocycles. The van der Waals surface area contributed by atoms with Crippen molar-refractivity contribution in [3.8, 4) is 45.0 Å². The Bertz CT molecular complexity index is 2860. The molecular weight excluding hydrogens is 639 g/mol. The summed E-state index contributed by atoms with van der Waals surface area (Å²) in [5.41, 5.74) is 7.61. The van der Waals surface area contributed by atoms with E-state index in [1.54, 1.807) is 0 Å². The zero-order chi connectivity index (χ0) is 33.7. The highest BCUT2D eigenvalue weighted by Crippen LogP contribution is 2.46. The van der Waals surface area contributed by atoms with E-state index in [0.717, 1.165) is 46.2 Å². The lowest BCUT2D eigenvalue weighted by Crippen LogP contribution is -2.03. The molecule has 0 saturated carbocycles. The minimum atomic E-state index is 0.667. The lowest BCUT2D eigenvalue weighted by Gasteiger charge is -2.13. The van der Waals surface area contributed by atoms with Gasteiger partial charge in [0.2, 0.25) is 0 Å². The zero-order valence-electron chi connectivity index (χ0n) is 27.8. The number of rotatable bonds is 5. The first kappa shape index (κ1) is 29.7. The van der Waals surface area contributed by atoms with E-state index in [-0.39, 0.29) is 0 Å². The van der Waals surface area contributed by atoms with Crippen LogP contribution in [0.4, 0.5) is 0 Å². The summed E-state index contributed by atoms with van der Waals surface area (Å²) in [5, 5.41) is 7.70. The Hall–Kier alpha value is -6.23. The van der Waals surface area contributed by atoms with Gasteiger partial charge in [-0.05, 0) is 75.5 Å². The van der Waals surface area contributed by atoms with E-state index >= 15 is 0 Å². The number of allylic oxidation sites excluding steroid dienone is 4. The Morgan fingerprint density at radius 3 is 1.90 bits per heavy atom. The van der Waals surface area contributed by atoms with Gasteiger partial charge in [-0.3, -0.25) is 0 Å². The molecule has 0 atom stereocenters. The van der Waals surface area contributed by atoms with Gasteiger partial charge >= 0.3 is 0 Å². The van der Waals surface area contributed by atoms with Crippen molar-refractivity contribution in [2.45, 2.75) is 12.8 Å². The smallest absolute Gasteiger partial charge is 0.164 e. The maximum absolute atomic E-state index is 5.15. The van der Waals surface area contributed by atoms with Crippen LogP contribution in [0.15, 0.2) is 164 Å². The number of thiophene rings is 1. The van der Waals surface area contributed by atoms with Crippen LogP contribution in [-0.4, -0.2) is 15.0 Å². The van der Waals surface area contributed by atoms with Crippen LogP contribution in [0.1, 0.15) is 18.7 Å². The zero-order valence-corrected chi connectivity index (χ0v) is 28.6. The number of benzene rings is 7. The van der Waals surface area contributed by atoms with Crippen molar-refractivity contribution in [3.63, 3.8) is 0 Å². The van der Waals surface area contributed by atoms with Crippen molar-refractivity contribution in [1.82, 2.24) is 15.0 Å². The second-order valence-corrected chi connectivity index (χ2v) is 14.1. The second kappa shape index (κ2) is 12.3. The minimum Gasteiger partial charge on any atom is -0.208 e. The largest absolute Gasteiger partial charge is 0.208 e. The molecule has 2 aromatic heterocycles. The van der Waals surface area contributed by atoms with Crippen molar-refractivity contribution in [3.05, 3.63) is 170 Å². The van der Waals surface area contributed by atoms with E-state index in [1.165, 1.54) is 47.3 Å². The molecule has 0 N–H and O–H groups in total. The Morgan fingerprint density at radius 2 is 1.10 bits per heavy atom. The van der Waals surface area contributed by atoms with Gasteiger partial charge in [0.05, 0.1) is 0 Å². The maximum Gasteiger partial charge on any atom is 0.164 e. The molecule has 240 valence electrons. The fraction of sp³-hybridized carbons (Fsp3) is 0.0426. The summed E-state index contributed by atoms with van der Waals surface area (Å²) in [6.45, 7) is 0. The third-order valence-electron chi connectivity index (χ3n) is 9.90. The minimum absolute atomic E-state index is 0.667. The fourth-order valence-corrected chi connectivity index (χ4v) is 8.74. The Labute approximate surface area is 299 Å². The molecule has 51 heavy (non-hydrogen) atoms. The van der Waals surface area contributed by atoms with Crippen LogP contribution in [-0.2, 0) is 0 Å². The van der Waals surface area contributed by atoms with Gasteiger partial charge in [-0.15, -0.1) is 11.3 Å². The first-order chi connectivity index (χ1) is 25.3. The highest BCUT2D eigenvalue weighted by atomic mass is 32.1. The van der Waals surface area contributed by atoms with Crippen molar-refractivity contribution >= 4 is 58.6 Å². The summed E-state index contributed by atoms with van der Waals surface area (Å²) in [4.78, 5) is 15.3. The van der Waals surface area contributed by atoms with Crippen LogP contribution in [0.2, 0.25) is 0 Å². The average molecular weight is 670 g/mol. The van der Waals surface area contributed by atoms with Crippen LogP contribution >= 0.6 is 11.3 Å². The third-order valence-corrected chi connectivity index (χ3v) is 11.1. The number of fused-ring (bicyclic) bond motifs is 7. The monoisotopic (exact) mass is 669 g/mol. The van der Waals surface area contributed by atoms with Crippen molar-refractivity contribution in [1.29, 1.82) is 0 Å². The summed E-state index contributed by atoms with van der Waals surface area (Å²) in [6.07, 6.45) is 8.58. The van der Waals surface area contributed by atoms with Crippen LogP contribution in [0.3, 0.4) is 0 Å². The van der Waals surface area contributed by atoms with Gasteiger partial charge in [-0.2, -0.15) is 0 Å². The van der Waals surface area contributed by atoms with Crippen molar-refractivity contribution in [2.75, 3.05) is 0 Å². The Morgan fingerprint density at radius 1 is 0.451 bits per heavy atom. The first-order valence-corrected chi connectivity index (χ1v) is 18.2. The molecule has 10 rings (SSSR count). The van der Waals surface area contributed by atoms with Crippen LogP contribution in [0.25, 0.3) is 92.3 Å². The molecule has 7 aromatic carbocycles. The van der Waals surface area contributed by atoms with Gasteiger partial charge in [-0.25, -0.2) is 15.0 Å². The normalized spacial score (nSPS) is 13.0. The summed E-state index contributed by atoms with van der Waals surface area (Å²) in [5.74, 6) is 2.03. The SMILES string of the molecule is C1=CC(c2nc(-c3cccc(-c4ccccc4)c3)nc(-c3cccc(-c4cc5ccc6ccccc6c5c5sc6ccccc6c45)c3)n2)=CCC1. The Balaban J connectivity index is 1.17. The standard InChI is InChI=1S/C47H31N3S/c1-3-13-30(14-4-1)33-18-11-20-36(27-33)46-48-45(32-16-5-2-6-17-32)49-47(50-46)37-21-12-19-34(28-37)40-29-35-26-25-31-15-7-8-22-38(31)42(35)44-43(40)39-23-9-10-24-41(39)51-44/h1,3-5,7-29H,2,6H2. The lowest BCUT2D eigenvalue weighted by molar-refractivity contribution is 1.01. The molecule has 0 unspecified atom stereocenters. The fourth-order valence-electron chi connectivity index (χ4n) is 7.44. The number of hydrogen-bond acceptors (Lipinski definition) is 4. The van der Waals surface area contributed by atoms with E-state index in [2.05, 4.69) is 158 Å². The molecule has 4 heteroatoms. The van der Waals surface area contributed by atoms with Crippen LogP contribution in [0, 0.1) is 0 Å².